The van der Waals surface area contributed by atoms with Gasteiger partial charge in [-0.2, -0.15) is 0 Å². The van der Waals surface area contributed by atoms with Crippen molar-refractivity contribution in [2.24, 2.45) is 5.41 Å². The number of nitrogens with zero attached hydrogens (tertiary/aromatic N) is 1. The van der Waals surface area contributed by atoms with Gasteiger partial charge in [-0.1, -0.05) is 49.7 Å². The van der Waals surface area contributed by atoms with E-state index in [0.29, 0.717) is 5.41 Å². The predicted molar refractivity (Wildman–Crippen MR) is 104 cm³/mol. The standard InChI is InChI=1S/C22H22ClNO/c1-22(2)12-20-21(16-6-10-18(25-3)11-7-16)19(13-24(20)14-22)15-4-8-17(23)9-5-15/h4-11,13H,12,14H2,1-3H3. The lowest BCUT2D eigenvalue weighted by Crippen LogP contribution is -2.12. The second kappa shape index (κ2) is 5.96. The van der Waals surface area contributed by atoms with Crippen LogP contribution in [0.1, 0.15) is 19.5 Å². The van der Waals surface area contributed by atoms with Gasteiger partial charge in [-0.3, -0.25) is 0 Å². The van der Waals surface area contributed by atoms with Crippen LogP contribution in [0.5, 0.6) is 5.75 Å². The van der Waals surface area contributed by atoms with E-state index < -0.39 is 0 Å². The van der Waals surface area contributed by atoms with Crippen molar-refractivity contribution in [2.75, 3.05) is 7.11 Å². The first-order chi connectivity index (χ1) is 12.0. The Morgan fingerprint density at radius 3 is 2.24 bits per heavy atom. The number of rotatable bonds is 3. The lowest BCUT2D eigenvalue weighted by atomic mass is 9.87. The van der Waals surface area contributed by atoms with E-state index in [4.69, 9.17) is 16.3 Å². The maximum atomic E-state index is 6.08. The molecule has 1 aliphatic rings. The average molecular weight is 352 g/mol. The van der Waals surface area contributed by atoms with Crippen molar-refractivity contribution in [2.45, 2.75) is 26.8 Å². The minimum absolute atomic E-state index is 0.301. The van der Waals surface area contributed by atoms with Crippen LogP contribution < -0.4 is 4.74 Å². The Kier molecular flexibility index (Phi) is 3.88. The van der Waals surface area contributed by atoms with Crippen LogP contribution in [0.2, 0.25) is 5.02 Å². The second-order valence-corrected chi connectivity index (χ2v) is 8.01. The van der Waals surface area contributed by atoms with Gasteiger partial charge in [0.1, 0.15) is 5.75 Å². The van der Waals surface area contributed by atoms with Crippen LogP contribution >= 0.6 is 11.6 Å². The lowest BCUT2D eigenvalue weighted by molar-refractivity contribution is 0.359. The molecule has 4 rings (SSSR count). The molecule has 0 N–H and O–H groups in total. The van der Waals surface area contributed by atoms with Gasteiger partial charge < -0.3 is 9.30 Å². The zero-order valence-electron chi connectivity index (χ0n) is 14.8. The summed E-state index contributed by atoms with van der Waals surface area (Å²) in [5, 5.41) is 0.766. The number of hydrogen-bond acceptors (Lipinski definition) is 1. The summed E-state index contributed by atoms with van der Waals surface area (Å²) in [5.74, 6) is 0.882. The van der Waals surface area contributed by atoms with E-state index in [1.807, 2.05) is 24.3 Å². The number of aromatic nitrogens is 1. The molecule has 0 amide bonds. The first-order valence-corrected chi connectivity index (χ1v) is 8.97. The van der Waals surface area contributed by atoms with Crippen molar-refractivity contribution in [3.05, 3.63) is 65.4 Å². The minimum atomic E-state index is 0.301. The van der Waals surface area contributed by atoms with Gasteiger partial charge in [-0.05, 0) is 47.2 Å². The molecule has 0 fully saturated rings. The highest BCUT2D eigenvalue weighted by Crippen LogP contribution is 2.44. The molecule has 2 aromatic carbocycles. The van der Waals surface area contributed by atoms with E-state index in [9.17, 15) is 0 Å². The van der Waals surface area contributed by atoms with E-state index in [1.54, 1.807) is 7.11 Å². The monoisotopic (exact) mass is 351 g/mol. The number of fused-ring (bicyclic) bond motifs is 1. The summed E-state index contributed by atoms with van der Waals surface area (Å²) < 4.78 is 7.74. The van der Waals surface area contributed by atoms with E-state index in [2.05, 4.69) is 48.9 Å². The number of hydrogen-bond donors (Lipinski definition) is 0. The van der Waals surface area contributed by atoms with Crippen molar-refractivity contribution in [1.29, 1.82) is 0 Å². The number of methoxy groups -OCH3 is 1. The van der Waals surface area contributed by atoms with Crippen LogP contribution in [0, 0.1) is 5.41 Å². The summed E-state index contributed by atoms with van der Waals surface area (Å²) in [5.41, 5.74) is 6.75. The van der Waals surface area contributed by atoms with E-state index in [1.165, 1.54) is 27.9 Å². The van der Waals surface area contributed by atoms with Crippen LogP contribution in [0.25, 0.3) is 22.3 Å². The molecule has 0 saturated heterocycles. The number of halogens is 1. The number of benzene rings is 2. The molecule has 3 aromatic rings. The Bertz CT molecular complexity index is 904. The fourth-order valence-corrected chi connectivity index (χ4v) is 3.95. The van der Waals surface area contributed by atoms with Crippen LogP contribution in [0.4, 0.5) is 0 Å². The van der Waals surface area contributed by atoms with Crippen LogP contribution in [0.15, 0.2) is 54.7 Å². The maximum absolute atomic E-state index is 6.08. The summed E-state index contributed by atoms with van der Waals surface area (Å²) in [6.45, 7) is 5.72. The Labute approximate surface area is 154 Å². The summed E-state index contributed by atoms with van der Waals surface area (Å²) in [4.78, 5) is 0. The highest BCUT2D eigenvalue weighted by molar-refractivity contribution is 6.30. The SMILES string of the molecule is COc1ccc(-c2c(-c3ccc(Cl)cc3)cn3c2CC(C)(C)C3)cc1. The third kappa shape index (κ3) is 2.96. The van der Waals surface area contributed by atoms with Crippen LogP contribution in [-0.4, -0.2) is 11.7 Å². The third-order valence-corrected chi connectivity index (χ3v) is 5.22. The summed E-state index contributed by atoms with van der Waals surface area (Å²) >= 11 is 6.08. The van der Waals surface area contributed by atoms with Crippen molar-refractivity contribution in [1.82, 2.24) is 4.57 Å². The fourth-order valence-electron chi connectivity index (χ4n) is 3.83. The Morgan fingerprint density at radius 1 is 0.960 bits per heavy atom. The Hall–Kier alpha value is -2.19. The molecule has 0 unspecified atom stereocenters. The van der Waals surface area contributed by atoms with E-state index in [0.717, 1.165) is 23.7 Å². The largest absolute Gasteiger partial charge is 0.497 e. The predicted octanol–water partition coefficient (Wildman–Crippen LogP) is 6.07. The maximum Gasteiger partial charge on any atom is 0.118 e. The minimum Gasteiger partial charge on any atom is -0.497 e. The summed E-state index contributed by atoms with van der Waals surface area (Å²) in [6, 6.07) is 16.5. The molecule has 0 bridgehead atoms. The molecule has 0 aliphatic carbocycles. The van der Waals surface area contributed by atoms with Gasteiger partial charge in [0.25, 0.3) is 0 Å². The summed E-state index contributed by atoms with van der Waals surface area (Å²) in [7, 11) is 1.70. The van der Waals surface area contributed by atoms with E-state index >= 15 is 0 Å². The smallest absolute Gasteiger partial charge is 0.118 e. The Morgan fingerprint density at radius 2 is 1.60 bits per heavy atom. The molecule has 2 nitrogen and oxygen atoms in total. The summed E-state index contributed by atoms with van der Waals surface area (Å²) in [6.07, 6.45) is 3.38. The molecule has 2 heterocycles. The lowest BCUT2D eigenvalue weighted by Gasteiger charge is -2.16. The molecule has 3 heteroatoms. The zero-order valence-corrected chi connectivity index (χ0v) is 15.6. The van der Waals surface area contributed by atoms with Gasteiger partial charge in [-0.15, -0.1) is 0 Å². The second-order valence-electron chi connectivity index (χ2n) is 7.57. The first kappa shape index (κ1) is 16.3. The average Bonchev–Trinajstić information content (AvgIpc) is 3.07. The van der Waals surface area contributed by atoms with Gasteiger partial charge in [-0.25, -0.2) is 0 Å². The van der Waals surface area contributed by atoms with Crippen LogP contribution in [-0.2, 0) is 13.0 Å². The first-order valence-electron chi connectivity index (χ1n) is 8.59. The molecule has 1 aliphatic heterocycles. The molecule has 1 aromatic heterocycles. The zero-order chi connectivity index (χ0) is 17.6. The van der Waals surface area contributed by atoms with Gasteiger partial charge in [0.15, 0.2) is 0 Å². The molecule has 0 saturated carbocycles. The van der Waals surface area contributed by atoms with Gasteiger partial charge in [0.2, 0.25) is 0 Å². The quantitative estimate of drug-likeness (QED) is 0.558. The molecule has 0 spiro atoms. The van der Waals surface area contributed by atoms with E-state index in [-0.39, 0.29) is 0 Å². The van der Waals surface area contributed by atoms with Crippen LogP contribution in [0.3, 0.4) is 0 Å². The molecule has 128 valence electrons. The normalized spacial score (nSPS) is 15.2. The van der Waals surface area contributed by atoms with Crippen molar-refractivity contribution < 1.29 is 4.74 Å². The van der Waals surface area contributed by atoms with Crippen molar-refractivity contribution >= 4 is 11.6 Å². The van der Waals surface area contributed by atoms with Crippen molar-refractivity contribution in [3.8, 4) is 28.0 Å². The molecule has 0 atom stereocenters. The highest BCUT2D eigenvalue weighted by atomic mass is 35.5. The van der Waals surface area contributed by atoms with Gasteiger partial charge in [0.05, 0.1) is 7.11 Å². The van der Waals surface area contributed by atoms with Crippen molar-refractivity contribution in [3.63, 3.8) is 0 Å². The third-order valence-electron chi connectivity index (χ3n) is 4.97. The fraction of sp³-hybridized carbons (Fsp3) is 0.273. The molecule has 0 radical (unpaired) electrons. The Balaban J connectivity index is 1.89. The molecule has 25 heavy (non-hydrogen) atoms. The van der Waals surface area contributed by atoms with Gasteiger partial charge in [0, 0.05) is 34.6 Å². The highest BCUT2D eigenvalue weighted by Gasteiger charge is 2.32. The number of ether oxygens (including phenoxy) is 1. The topological polar surface area (TPSA) is 14.2 Å². The molecular formula is C22H22ClNO. The van der Waals surface area contributed by atoms with Gasteiger partial charge >= 0.3 is 0 Å². The molecular weight excluding hydrogens is 330 g/mol.